The Morgan fingerprint density at radius 3 is 2.52 bits per heavy atom. The van der Waals surface area contributed by atoms with Crippen molar-refractivity contribution in [3.05, 3.63) is 34.7 Å². The molecule has 1 aliphatic carbocycles. The van der Waals surface area contributed by atoms with Gasteiger partial charge >= 0.3 is 0 Å². The topological polar surface area (TPSA) is 48.1 Å². The van der Waals surface area contributed by atoms with Crippen LogP contribution in [-0.2, 0) is 5.54 Å². The number of nitrogens with zero attached hydrogens (tertiary/aromatic N) is 1. The molecule has 4 heteroatoms. The van der Waals surface area contributed by atoms with Crippen molar-refractivity contribution >= 4 is 11.3 Å². The van der Waals surface area contributed by atoms with Crippen LogP contribution in [0.3, 0.4) is 0 Å². The molecule has 1 aromatic heterocycles. The molecule has 3 rings (SSSR count). The molecule has 0 bridgehead atoms. The molecule has 21 heavy (non-hydrogen) atoms. The molecule has 0 spiro atoms. The van der Waals surface area contributed by atoms with Crippen LogP contribution in [0.1, 0.15) is 37.6 Å². The molecule has 1 aromatic carbocycles. The summed E-state index contributed by atoms with van der Waals surface area (Å²) < 4.78 is 5.19. The maximum Gasteiger partial charge on any atom is 0.118 e. The fourth-order valence-electron chi connectivity index (χ4n) is 2.89. The minimum atomic E-state index is -0.220. The van der Waals surface area contributed by atoms with E-state index in [0.717, 1.165) is 40.8 Å². The van der Waals surface area contributed by atoms with Crippen LogP contribution in [0.5, 0.6) is 5.75 Å². The van der Waals surface area contributed by atoms with Crippen molar-refractivity contribution in [3.8, 4) is 17.0 Å². The summed E-state index contributed by atoms with van der Waals surface area (Å²) in [7, 11) is 1.68. The van der Waals surface area contributed by atoms with Crippen LogP contribution in [0, 0.1) is 5.92 Å². The Morgan fingerprint density at radius 2 is 1.90 bits per heavy atom. The Hall–Kier alpha value is -1.39. The van der Waals surface area contributed by atoms with E-state index >= 15 is 0 Å². The lowest BCUT2D eigenvalue weighted by atomic mass is 9.78. The van der Waals surface area contributed by atoms with Gasteiger partial charge in [-0.15, -0.1) is 11.3 Å². The van der Waals surface area contributed by atoms with Crippen LogP contribution in [0.15, 0.2) is 29.6 Å². The third kappa shape index (κ3) is 2.97. The minimum absolute atomic E-state index is 0.220. The van der Waals surface area contributed by atoms with Gasteiger partial charge in [-0.25, -0.2) is 4.98 Å². The Morgan fingerprint density at radius 1 is 1.24 bits per heavy atom. The van der Waals surface area contributed by atoms with Gasteiger partial charge in [0.15, 0.2) is 0 Å². The van der Waals surface area contributed by atoms with E-state index in [2.05, 4.69) is 12.3 Å². The molecule has 112 valence electrons. The normalized spacial score (nSPS) is 25.8. The Labute approximate surface area is 130 Å². The molecule has 2 aromatic rings. The largest absolute Gasteiger partial charge is 0.497 e. The maximum absolute atomic E-state index is 6.61. The van der Waals surface area contributed by atoms with Gasteiger partial charge in [0, 0.05) is 10.9 Å². The Balaban J connectivity index is 1.82. The maximum atomic E-state index is 6.61. The zero-order valence-corrected chi connectivity index (χ0v) is 13.5. The third-order valence-corrected chi connectivity index (χ3v) is 5.54. The lowest BCUT2D eigenvalue weighted by Crippen LogP contribution is -2.40. The van der Waals surface area contributed by atoms with Crippen molar-refractivity contribution < 1.29 is 4.74 Å². The van der Waals surface area contributed by atoms with Gasteiger partial charge in [0.2, 0.25) is 0 Å². The molecule has 1 fully saturated rings. The third-order valence-electron chi connectivity index (χ3n) is 4.48. The molecule has 2 N–H and O–H groups in total. The van der Waals surface area contributed by atoms with Crippen LogP contribution in [-0.4, -0.2) is 12.1 Å². The van der Waals surface area contributed by atoms with Crippen molar-refractivity contribution in [1.29, 1.82) is 0 Å². The van der Waals surface area contributed by atoms with E-state index in [1.165, 1.54) is 12.8 Å². The number of hydrogen-bond donors (Lipinski definition) is 1. The molecular weight excluding hydrogens is 280 g/mol. The first-order valence-corrected chi connectivity index (χ1v) is 8.38. The van der Waals surface area contributed by atoms with Gasteiger partial charge in [-0.1, -0.05) is 6.92 Å². The van der Waals surface area contributed by atoms with Crippen molar-refractivity contribution in [2.75, 3.05) is 7.11 Å². The standard InChI is InChI=1S/C17H22N2OS/c1-12-7-9-17(18,10-8-12)16-19-15(11-21-16)13-3-5-14(20-2)6-4-13/h3-6,11-12H,7-10,18H2,1-2H3. The predicted molar refractivity (Wildman–Crippen MR) is 87.6 cm³/mol. The molecule has 0 radical (unpaired) electrons. The summed E-state index contributed by atoms with van der Waals surface area (Å²) in [4.78, 5) is 4.81. The van der Waals surface area contributed by atoms with Gasteiger partial charge in [-0.3, -0.25) is 0 Å². The van der Waals surface area contributed by atoms with Crippen LogP contribution in [0.2, 0.25) is 0 Å². The lowest BCUT2D eigenvalue weighted by molar-refractivity contribution is 0.247. The van der Waals surface area contributed by atoms with Crippen molar-refractivity contribution in [1.82, 2.24) is 4.98 Å². The number of aromatic nitrogens is 1. The summed E-state index contributed by atoms with van der Waals surface area (Å²) >= 11 is 1.69. The highest BCUT2D eigenvalue weighted by atomic mass is 32.1. The van der Waals surface area contributed by atoms with E-state index in [-0.39, 0.29) is 5.54 Å². The van der Waals surface area contributed by atoms with Crippen molar-refractivity contribution in [2.45, 2.75) is 38.1 Å². The number of nitrogens with two attached hydrogens (primary N) is 1. The smallest absolute Gasteiger partial charge is 0.118 e. The molecule has 1 aliphatic rings. The summed E-state index contributed by atoms with van der Waals surface area (Å²) in [5, 5.41) is 3.20. The molecule has 3 nitrogen and oxygen atoms in total. The SMILES string of the molecule is COc1ccc(-c2csc(C3(N)CCC(C)CC3)n2)cc1. The summed E-state index contributed by atoms with van der Waals surface area (Å²) in [5.41, 5.74) is 8.52. The number of rotatable bonds is 3. The molecule has 0 unspecified atom stereocenters. The average molecular weight is 302 g/mol. The van der Waals surface area contributed by atoms with E-state index in [0.29, 0.717) is 0 Å². The lowest BCUT2D eigenvalue weighted by Gasteiger charge is -2.34. The summed E-state index contributed by atoms with van der Waals surface area (Å²) in [5.74, 6) is 1.66. The molecule has 1 heterocycles. The summed E-state index contributed by atoms with van der Waals surface area (Å²) in [6.07, 6.45) is 4.50. The number of thiazole rings is 1. The van der Waals surface area contributed by atoms with Gasteiger partial charge in [-0.2, -0.15) is 0 Å². The Kier molecular flexibility index (Phi) is 4.00. The first kappa shape index (κ1) is 14.5. The molecule has 0 amide bonds. The first-order valence-electron chi connectivity index (χ1n) is 7.50. The fourth-order valence-corrected chi connectivity index (χ4v) is 3.89. The van der Waals surface area contributed by atoms with Gasteiger partial charge in [0.1, 0.15) is 10.8 Å². The second-order valence-corrected chi connectivity index (χ2v) is 6.96. The number of methoxy groups -OCH3 is 1. The van der Waals surface area contributed by atoms with E-state index in [1.54, 1.807) is 18.4 Å². The van der Waals surface area contributed by atoms with E-state index < -0.39 is 0 Å². The quantitative estimate of drug-likeness (QED) is 0.925. The zero-order valence-electron chi connectivity index (χ0n) is 12.6. The van der Waals surface area contributed by atoms with E-state index in [4.69, 9.17) is 15.5 Å². The Bertz CT molecular complexity index is 598. The van der Waals surface area contributed by atoms with Gasteiger partial charge in [-0.05, 0) is 55.9 Å². The van der Waals surface area contributed by atoms with Crippen LogP contribution >= 0.6 is 11.3 Å². The molecule has 0 saturated heterocycles. The predicted octanol–water partition coefficient (Wildman–Crippen LogP) is 4.18. The second-order valence-electron chi connectivity index (χ2n) is 6.11. The first-order chi connectivity index (χ1) is 10.1. The average Bonchev–Trinajstić information content (AvgIpc) is 3.01. The highest BCUT2D eigenvalue weighted by Crippen LogP contribution is 2.39. The van der Waals surface area contributed by atoms with Crippen LogP contribution in [0.4, 0.5) is 0 Å². The highest BCUT2D eigenvalue weighted by Gasteiger charge is 2.34. The van der Waals surface area contributed by atoms with E-state index in [9.17, 15) is 0 Å². The van der Waals surface area contributed by atoms with E-state index in [1.807, 2.05) is 24.3 Å². The second kappa shape index (κ2) is 5.78. The van der Waals surface area contributed by atoms with Gasteiger partial charge in [0.05, 0.1) is 18.3 Å². The summed E-state index contributed by atoms with van der Waals surface area (Å²) in [6.45, 7) is 2.31. The number of benzene rings is 1. The van der Waals surface area contributed by atoms with Crippen molar-refractivity contribution in [3.63, 3.8) is 0 Å². The number of ether oxygens (including phenoxy) is 1. The molecule has 0 aliphatic heterocycles. The van der Waals surface area contributed by atoms with Gasteiger partial charge in [0.25, 0.3) is 0 Å². The monoisotopic (exact) mass is 302 g/mol. The fraction of sp³-hybridized carbons (Fsp3) is 0.471. The van der Waals surface area contributed by atoms with Crippen molar-refractivity contribution in [2.24, 2.45) is 11.7 Å². The molecule has 1 saturated carbocycles. The molecule has 0 atom stereocenters. The summed E-state index contributed by atoms with van der Waals surface area (Å²) in [6, 6.07) is 8.03. The van der Waals surface area contributed by atoms with Crippen LogP contribution < -0.4 is 10.5 Å². The van der Waals surface area contributed by atoms with Crippen LogP contribution in [0.25, 0.3) is 11.3 Å². The highest BCUT2D eigenvalue weighted by molar-refractivity contribution is 7.10. The molecular formula is C17H22N2OS. The van der Waals surface area contributed by atoms with Gasteiger partial charge < -0.3 is 10.5 Å². The minimum Gasteiger partial charge on any atom is -0.497 e. The number of hydrogen-bond acceptors (Lipinski definition) is 4. The zero-order chi connectivity index (χ0) is 14.9.